The van der Waals surface area contributed by atoms with Gasteiger partial charge in [0.15, 0.2) is 0 Å². The third-order valence-electron chi connectivity index (χ3n) is 4.09. The molecule has 0 atom stereocenters. The standard InChI is InChI=1S/C18H19F2N3O/c19-15-7-5-14(6-8-15)13-22-9-11-23(12-10-22)18(24)21-17-4-2-1-3-16(17)20/h1-8H,9-13H2,(H,21,24). The fourth-order valence-electron chi connectivity index (χ4n) is 2.71. The van der Waals surface area contributed by atoms with Gasteiger partial charge in [0.1, 0.15) is 11.6 Å². The fourth-order valence-corrected chi connectivity index (χ4v) is 2.71. The first kappa shape index (κ1) is 16.4. The SMILES string of the molecule is O=C(Nc1ccccc1F)N1CCN(Cc2ccc(F)cc2)CC1. The summed E-state index contributed by atoms with van der Waals surface area (Å²) >= 11 is 0. The number of para-hydroxylation sites is 1. The van der Waals surface area contributed by atoms with Crippen LogP contribution in [-0.2, 0) is 6.54 Å². The molecule has 126 valence electrons. The molecular weight excluding hydrogens is 312 g/mol. The Morgan fingerprint density at radius 3 is 2.29 bits per heavy atom. The van der Waals surface area contributed by atoms with Crippen molar-refractivity contribution >= 4 is 11.7 Å². The second kappa shape index (κ2) is 7.40. The number of carbonyl (C=O) groups excluding carboxylic acids is 1. The van der Waals surface area contributed by atoms with Gasteiger partial charge in [0.25, 0.3) is 0 Å². The maximum Gasteiger partial charge on any atom is 0.322 e. The van der Waals surface area contributed by atoms with E-state index in [1.54, 1.807) is 29.2 Å². The normalized spacial score (nSPS) is 15.3. The van der Waals surface area contributed by atoms with Gasteiger partial charge in [-0.3, -0.25) is 4.90 Å². The number of halogens is 2. The van der Waals surface area contributed by atoms with Crippen LogP contribution < -0.4 is 5.32 Å². The first-order chi connectivity index (χ1) is 11.6. The van der Waals surface area contributed by atoms with Crippen molar-refractivity contribution in [2.45, 2.75) is 6.54 Å². The summed E-state index contributed by atoms with van der Waals surface area (Å²) in [5.41, 5.74) is 1.23. The number of hydrogen-bond donors (Lipinski definition) is 1. The predicted octanol–water partition coefficient (Wildman–Crippen LogP) is 3.31. The zero-order valence-electron chi connectivity index (χ0n) is 13.2. The molecule has 0 bridgehead atoms. The monoisotopic (exact) mass is 331 g/mol. The van der Waals surface area contributed by atoms with Crippen molar-refractivity contribution in [1.29, 1.82) is 0 Å². The predicted molar refractivity (Wildman–Crippen MR) is 88.7 cm³/mol. The zero-order valence-corrected chi connectivity index (χ0v) is 13.2. The van der Waals surface area contributed by atoms with Gasteiger partial charge in [0, 0.05) is 32.7 Å². The Kier molecular flexibility index (Phi) is 5.05. The number of urea groups is 1. The van der Waals surface area contributed by atoms with Gasteiger partial charge in [-0.1, -0.05) is 24.3 Å². The van der Waals surface area contributed by atoms with Crippen LogP contribution in [0.2, 0.25) is 0 Å². The van der Waals surface area contributed by atoms with E-state index in [0.717, 1.165) is 25.2 Å². The number of rotatable bonds is 3. The van der Waals surface area contributed by atoms with Crippen LogP contribution in [0.15, 0.2) is 48.5 Å². The molecule has 0 radical (unpaired) electrons. The van der Waals surface area contributed by atoms with E-state index in [1.807, 2.05) is 0 Å². The number of nitrogens with one attached hydrogen (secondary N) is 1. The van der Waals surface area contributed by atoms with E-state index < -0.39 is 5.82 Å². The number of amides is 2. The van der Waals surface area contributed by atoms with Crippen molar-refractivity contribution in [2.24, 2.45) is 0 Å². The van der Waals surface area contributed by atoms with Gasteiger partial charge in [-0.15, -0.1) is 0 Å². The van der Waals surface area contributed by atoms with Crippen LogP contribution in [0, 0.1) is 11.6 Å². The smallest absolute Gasteiger partial charge is 0.322 e. The number of hydrogen-bond acceptors (Lipinski definition) is 2. The summed E-state index contributed by atoms with van der Waals surface area (Å²) in [6.07, 6.45) is 0. The summed E-state index contributed by atoms with van der Waals surface area (Å²) in [6, 6.07) is 12.3. The van der Waals surface area contributed by atoms with E-state index in [1.165, 1.54) is 24.3 Å². The molecule has 1 heterocycles. The topological polar surface area (TPSA) is 35.6 Å². The Labute approximate surface area is 139 Å². The van der Waals surface area contributed by atoms with E-state index >= 15 is 0 Å². The molecule has 1 fully saturated rings. The number of nitrogens with zero attached hydrogens (tertiary/aromatic N) is 2. The minimum Gasteiger partial charge on any atom is -0.322 e. The Hall–Kier alpha value is -2.47. The molecule has 0 saturated carbocycles. The lowest BCUT2D eigenvalue weighted by Crippen LogP contribution is -2.49. The quantitative estimate of drug-likeness (QED) is 0.936. The Bertz CT molecular complexity index is 698. The molecule has 1 aliphatic rings. The second-order valence-corrected chi connectivity index (χ2v) is 5.80. The third-order valence-corrected chi connectivity index (χ3v) is 4.09. The molecule has 0 aliphatic carbocycles. The summed E-state index contributed by atoms with van der Waals surface area (Å²) < 4.78 is 26.5. The van der Waals surface area contributed by atoms with Crippen LogP contribution in [0.5, 0.6) is 0 Å². The fraction of sp³-hybridized carbons (Fsp3) is 0.278. The minimum atomic E-state index is -0.444. The van der Waals surface area contributed by atoms with Crippen LogP contribution in [0.25, 0.3) is 0 Å². The molecule has 24 heavy (non-hydrogen) atoms. The Morgan fingerprint density at radius 2 is 1.62 bits per heavy atom. The van der Waals surface area contributed by atoms with Gasteiger partial charge in [0.05, 0.1) is 5.69 Å². The van der Waals surface area contributed by atoms with Gasteiger partial charge in [-0.25, -0.2) is 13.6 Å². The van der Waals surface area contributed by atoms with E-state index in [4.69, 9.17) is 0 Å². The van der Waals surface area contributed by atoms with Crippen LogP contribution >= 0.6 is 0 Å². The van der Waals surface area contributed by atoms with Crippen molar-refractivity contribution in [1.82, 2.24) is 9.80 Å². The molecule has 2 aromatic carbocycles. The Morgan fingerprint density at radius 1 is 0.958 bits per heavy atom. The van der Waals surface area contributed by atoms with Crippen LogP contribution in [0.3, 0.4) is 0 Å². The highest BCUT2D eigenvalue weighted by molar-refractivity contribution is 5.89. The van der Waals surface area contributed by atoms with Crippen molar-refractivity contribution < 1.29 is 13.6 Å². The van der Waals surface area contributed by atoms with Crippen LogP contribution in [0.4, 0.5) is 19.3 Å². The molecule has 1 aliphatic heterocycles. The highest BCUT2D eigenvalue weighted by Crippen LogP contribution is 2.14. The molecule has 2 aromatic rings. The van der Waals surface area contributed by atoms with Gasteiger partial charge in [-0.05, 0) is 29.8 Å². The second-order valence-electron chi connectivity index (χ2n) is 5.80. The molecule has 6 heteroatoms. The summed E-state index contributed by atoms with van der Waals surface area (Å²) in [7, 11) is 0. The lowest BCUT2D eigenvalue weighted by atomic mass is 10.2. The first-order valence-corrected chi connectivity index (χ1v) is 7.89. The molecule has 2 amide bonds. The van der Waals surface area contributed by atoms with Crippen molar-refractivity contribution in [2.75, 3.05) is 31.5 Å². The zero-order chi connectivity index (χ0) is 16.9. The Balaban J connectivity index is 1.50. The number of anilines is 1. The summed E-state index contributed by atoms with van der Waals surface area (Å²) in [4.78, 5) is 16.1. The van der Waals surface area contributed by atoms with Crippen molar-refractivity contribution in [3.63, 3.8) is 0 Å². The molecule has 0 spiro atoms. The van der Waals surface area contributed by atoms with E-state index in [0.29, 0.717) is 13.1 Å². The van der Waals surface area contributed by atoms with Gasteiger partial charge < -0.3 is 10.2 Å². The highest BCUT2D eigenvalue weighted by atomic mass is 19.1. The lowest BCUT2D eigenvalue weighted by molar-refractivity contribution is 0.143. The number of carbonyl (C=O) groups is 1. The average molecular weight is 331 g/mol. The van der Waals surface area contributed by atoms with E-state index in [-0.39, 0.29) is 17.5 Å². The summed E-state index contributed by atoms with van der Waals surface area (Å²) in [5, 5.41) is 2.60. The molecule has 0 unspecified atom stereocenters. The molecular formula is C18H19F2N3O. The largest absolute Gasteiger partial charge is 0.322 e. The van der Waals surface area contributed by atoms with Crippen LogP contribution in [-0.4, -0.2) is 42.0 Å². The first-order valence-electron chi connectivity index (χ1n) is 7.89. The summed E-state index contributed by atoms with van der Waals surface area (Å²) in [6.45, 7) is 3.32. The van der Waals surface area contributed by atoms with Gasteiger partial charge >= 0.3 is 6.03 Å². The van der Waals surface area contributed by atoms with E-state index in [2.05, 4.69) is 10.2 Å². The maximum absolute atomic E-state index is 13.6. The lowest BCUT2D eigenvalue weighted by Gasteiger charge is -2.34. The summed E-state index contributed by atoms with van der Waals surface area (Å²) in [5.74, 6) is -0.686. The molecule has 0 aromatic heterocycles. The number of piperazine rings is 1. The van der Waals surface area contributed by atoms with Gasteiger partial charge in [0.2, 0.25) is 0 Å². The number of benzene rings is 2. The van der Waals surface area contributed by atoms with Gasteiger partial charge in [-0.2, -0.15) is 0 Å². The molecule has 4 nitrogen and oxygen atoms in total. The van der Waals surface area contributed by atoms with Crippen molar-refractivity contribution in [3.8, 4) is 0 Å². The van der Waals surface area contributed by atoms with Crippen molar-refractivity contribution in [3.05, 3.63) is 65.7 Å². The molecule has 1 N–H and O–H groups in total. The molecule has 1 saturated heterocycles. The van der Waals surface area contributed by atoms with E-state index in [9.17, 15) is 13.6 Å². The minimum absolute atomic E-state index is 0.191. The third kappa shape index (κ3) is 4.08. The maximum atomic E-state index is 13.6. The highest BCUT2D eigenvalue weighted by Gasteiger charge is 2.21. The van der Waals surface area contributed by atoms with Crippen LogP contribution in [0.1, 0.15) is 5.56 Å². The average Bonchev–Trinajstić information content (AvgIpc) is 2.59. The molecule has 3 rings (SSSR count).